The first-order valence-corrected chi connectivity index (χ1v) is 10.2. The predicted octanol–water partition coefficient (Wildman–Crippen LogP) is 2.83. The molecule has 6 nitrogen and oxygen atoms in total. The first-order chi connectivity index (χ1) is 9.96. The van der Waals surface area contributed by atoms with Crippen molar-refractivity contribution in [2.75, 3.05) is 11.3 Å². The van der Waals surface area contributed by atoms with Gasteiger partial charge in [0.15, 0.2) is 0 Å². The van der Waals surface area contributed by atoms with Crippen molar-refractivity contribution in [3.63, 3.8) is 0 Å². The molecule has 116 valence electrons. The van der Waals surface area contributed by atoms with Crippen LogP contribution in [0.2, 0.25) is 0 Å². The maximum Gasteiger partial charge on any atom is 0.265 e. The molecule has 0 saturated carbocycles. The number of nitrogens with zero attached hydrogens (tertiary/aromatic N) is 2. The fourth-order valence-corrected chi connectivity index (χ4v) is 6.09. The van der Waals surface area contributed by atoms with E-state index in [1.807, 2.05) is 13.8 Å². The average molecular weight is 411 g/mol. The molecule has 0 saturated heterocycles. The van der Waals surface area contributed by atoms with Gasteiger partial charge in [-0.2, -0.15) is 0 Å². The molecule has 0 bridgehead atoms. The summed E-state index contributed by atoms with van der Waals surface area (Å²) in [6.07, 6.45) is 0.731. The van der Waals surface area contributed by atoms with Crippen LogP contribution in [-0.4, -0.2) is 25.2 Å². The second-order valence-electron chi connectivity index (χ2n) is 4.09. The van der Waals surface area contributed by atoms with Crippen LogP contribution in [0.5, 0.6) is 0 Å². The van der Waals surface area contributed by atoms with Crippen LogP contribution in [-0.2, 0) is 23.0 Å². The molecule has 0 aliphatic heterocycles. The predicted molar refractivity (Wildman–Crippen MR) is 89.5 cm³/mol. The molecule has 0 atom stereocenters. The molecule has 0 amide bonds. The minimum absolute atomic E-state index is 0.230. The normalized spacial score (nSPS) is 11.8. The summed E-state index contributed by atoms with van der Waals surface area (Å²) in [7, 11) is -3.65. The highest BCUT2D eigenvalue weighted by Gasteiger charge is 2.22. The number of anilines is 1. The zero-order valence-corrected chi connectivity index (χ0v) is 15.5. The van der Waals surface area contributed by atoms with Crippen LogP contribution in [0.25, 0.3) is 0 Å². The molecule has 0 aliphatic carbocycles. The molecule has 0 aliphatic rings. The lowest BCUT2D eigenvalue weighted by Gasteiger charge is -2.02. The molecule has 2 rings (SSSR count). The van der Waals surface area contributed by atoms with E-state index in [2.05, 4.69) is 36.2 Å². The minimum Gasteiger partial charge on any atom is -0.312 e. The number of hydrogen-bond donors (Lipinski definition) is 2. The van der Waals surface area contributed by atoms with Crippen molar-refractivity contribution >= 4 is 53.8 Å². The van der Waals surface area contributed by atoms with Crippen LogP contribution >= 0.6 is 38.6 Å². The summed E-state index contributed by atoms with van der Waals surface area (Å²) < 4.78 is 27.8. The van der Waals surface area contributed by atoms with E-state index in [0.29, 0.717) is 10.3 Å². The maximum atomic E-state index is 12.4. The second kappa shape index (κ2) is 7.14. The van der Waals surface area contributed by atoms with Crippen molar-refractivity contribution in [1.82, 2.24) is 15.5 Å². The van der Waals surface area contributed by atoms with Gasteiger partial charge in [-0.25, -0.2) is 8.42 Å². The quantitative estimate of drug-likeness (QED) is 0.732. The van der Waals surface area contributed by atoms with Gasteiger partial charge >= 0.3 is 0 Å². The molecule has 2 N–H and O–H groups in total. The van der Waals surface area contributed by atoms with Crippen molar-refractivity contribution in [2.24, 2.45) is 0 Å². The van der Waals surface area contributed by atoms with E-state index in [4.69, 9.17) is 0 Å². The van der Waals surface area contributed by atoms with E-state index >= 15 is 0 Å². The van der Waals surface area contributed by atoms with Gasteiger partial charge in [-0.15, -0.1) is 21.5 Å². The third kappa shape index (κ3) is 4.22. The second-order valence-corrected chi connectivity index (χ2v) is 9.26. The van der Waals surface area contributed by atoms with E-state index in [1.165, 1.54) is 22.7 Å². The number of rotatable bonds is 7. The summed E-state index contributed by atoms with van der Waals surface area (Å²) in [5.74, 6) is 0. The summed E-state index contributed by atoms with van der Waals surface area (Å²) in [5.41, 5.74) is 0. The third-order valence-electron chi connectivity index (χ3n) is 2.54. The standard InChI is InChI=1S/C11H15BrN4O2S3/c1-3-9-14-15-11(20-9)16-21(17,18)8-5-7(6-13-4-2)19-10(8)12/h5,13H,3-4,6H2,1-2H3,(H,15,16). The Kier molecular flexibility index (Phi) is 5.72. The smallest absolute Gasteiger partial charge is 0.265 e. The highest BCUT2D eigenvalue weighted by molar-refractivity contribution is 9.11. The fraction of sp³-hybridized carbons (Fsp3) is 0.455. The van der Waals surface area contributed by atoms with E-state index in [9.17, 15) is 8.42 Å². The highest BCUT2D eigenvalue weighted by Crippen LogP contribution is 2.33. The molecule has 2 aromatic heterocycles. The molecule has 0 radical (unpaired) electrons. The molecule has 0 fully saturated rings. The van der Waals surface area contributed by atoms with Gasteiger partial charge in [-0.1, -0.05) is 25.2 Å². The Morgan fingerprint density at radius 3 is 2.67 bits per heavy atom. The molecule has 2 aromatic rings. The van der Waals surface area contributed by atoms with Crippen LogP contribution in [0, 0.1) is 0 Å². The van der Waals surface area contributed by atoms with Crippen molar-refractivity contribution in [2.45, 2.75) is 31.7 Å². The first-order valence-electron chi connectivity index (χ1n) is 6.30. The lowest BCUT2D eigenvalue weighted by atomic mass is 10.4. The largest absolute Gasteiger partial charge is 0.312 e. The summed E-state index contributed by atoms with van der Waals surface area (Å²) in [4.78, 5) is 1.18. The van der Waals surface area contributed by atoms with E-state index in [-0.39, 0.29) is 10.0 Å². The number of sulfonamides is 1. The maximum absolute atomic E-state index is 12.4. The zero-order valence-electron chi connectivity index (χ0n) is 11.5. The van der Waals surface area contributed by atoms with Crippen molar-refractivity contribution in [1.29, 1.82) is 0 Å². The fourth-order valence-electron chi connectivity index (χ4n) is 1.52. The van der Waals surface area contributed by atoms with Crippen LogP contribution in [0.3, 0.4) is 0 Å². The Morgan fingerprint density at radius 1 is 1.29 bits per heavy atom. The van der Waals surface area contributed by atoms with E-state index in [1.54, 1.807) is 6.07 Å². The molecule has 0 aromatic carbocycles. The Morgan fingerprint density at radius 2 is 2.05 bits per heavy atom. The van der Waals surface area contributed by atoms with Crippen LogP contribution in [0.15, 0.2) is 14.7 Å². The van der Waals surface area contributed by atoms with Gasteiger partial charge in [-0.3, -0.25) is 4.72 Å². The minimum atomic E-state index is -3.65. The number of aryl methyl sites for hydroxylation is 1. The van der Waals surface area contributed by atoms with E-state index < -0.39 is 10.0 Å². The molecular weight excluding hydrogens is 396 g/mol. The number of nitrogens with one attached hydrogen (secondary N) is 2. The zero-order chi connectivity index (χ0) is 15.5. The number of halogens is 1. The molecule has 21 heavy (non-hydrogen) atoms. The highest BCUT2D eigenvalue weighted by atomic mass is 79.9. The lowest BCUT2D eigenvalue weighted by molar-refractivity contribution is 0.601. The van der Waals surface area contributed by atoms with Gasteiger partial charge in [0.2, 0.25) is 5.13 Å². The van der Waals surface area contributed by atoms with Crippen molar-refractivity contribution in [3.05, 3.63) is 19.7 Å². The number of aromatic nitrogens is 2. The Hall–Kier alpha value is -0.550. The van der Waals surface area contributed by atoms with Crippen LogP contribution in [0.4, 0.5) is 5.13 Å². The summed E-state index contributed by atoms with van der Waals surface area (Å²) in [6.45, 7) is 5.43. The number of thiophene rings is 1. The van der Waals surface area contributed by atoms with Gasteiger partial charge in [0.25, 0.3) is 10.0 Å². The SMILES string of the molecule is CCNCc1cc(S(=O)(=O)Nc2nnc(CC)s2)c(Br)s1. The molecule has 0 spiro atoms. The Labute approximate surface area is 140 Å². The topological polar surface area (TPSA) is 84.0 Å². The molecule has 10 heteroatoms. The molecule has 2 heterocycles. The first kappa shape index (κ1) is 16.8. The lowest BCUT2D eigenvalue weighted by Crippen LogP contribution is -2.13. The summed E-state index contributed by atoms with van der Waals surface area (Å²) in [6, 6.07) is 1.67. The van der Waals surface area contributed by atoms with Crippen molar-refractivity contribution < 1.29 is 8.42 Å². The van der Waals surface area contributed by atoms with Gasteiger partial charge < -0.3 is 5.32 Å². The third-order valence-corrected chi connectivity index (χ3v) is 7.24. The molecular formula is C11H15BrN4O2S3. The van der Waals surface area contributed by atoms with Gasteiger partial charge in [0, 0.05) is 11.4 Å². The van der Waals surface area contributed by atoms with Crippen molar-refractivity contribution in [3.8, 4) is 0 Å². The average Bonchev–Trinajstić information content (AvgIpc) is 3.02. The van der Waals surface area contributed by atoms with E-state index in [0.717, 1.165) is 22.9 Å². The Balaban J connectivity index is 2.20. The van der Waals surface area contributed by atoms with Crippen LogP contribution in [0.1, 0.15) is 23.7 Å². The summed E-state index contributed by atoms with van der Waals surface area (Å²) in [5, 5.41) is 12.0. The summed E-state index contributed by atoms with van der Waals surface area (Å²) >= 11 is 5.96. The molecule has 0 unspecified atom stereocenters. The Bertz CT molecular complexity index is 711. The van der Waals surface area contributed by atoms with Gasteiger partial charge in [0.05, 0.1) is 3.79 Å². The van der Waals surface area contributed by atoms with Crippen LogP contribution < -0.4 is 10.0 Å². The monoisotopic (exact) mass is 410 g/mol. The van der Waals surface area contributed by atoms with Gasteiger partial charge in [0.1, 0.15) is 9.90 Å². The van der Waals surface area contributed by atoms with Gasteiger partial charge in [-0.05, 0) is 35.0 Å². The number of hydrogen-bond acceptors (Lipinski definition) is 7.